The minimum atomic E-state index is -0.202. The van der Waals surface area contributed by atoms with Crippen LogP contribution in [0.2, 0.25) is 0 Å². The second-order valence-electron chi connectivity index (χ2n) is 4.29. The lowest BCUT2D eigenvalue weighted by atomic mass is 10.1. The van der Waals surface area contributed by atoms with Gasteiger partial charge in [0.25, 0.3) is 0 Å². The summed E-state index contributed by atoms with van der Waals surface area (Å²) in [5, 5.41) is 13.5. The molecule has 2 aromatic rings. The van der Waals surface area contributed by atoms with Crippen LogP contribution in [0.1, 0.15) is 6.42 Å². The van der Waals surface area contributed by atoms with Crippen LogP contribution in [0.3, 0.4) is 0 Å². The normalized spacial score (nSPS) is 9.89. The summed E-state index contributed by atoms with van der Waals surface area (Å²) in [7, 11) is 1.68. The highest BCUT2D eigenvalue weighted by molar-refractivity contribution is 6.01. The van der Waals surface area contributed by atoms with E-state index in [4.69, 9.17) is 5.26 Å². The summed E-state index contributed by atoms with van der Waals surface area (Å²) >= 11 is 0. The van der Waals surface area contributed by atoms with E-state index in [0.29, 0.717) is 13.0 Å². The van der Waals surface area contributed by atoms with Crippen molar-refractivity contribution >= 4 is 22.5 Å². The molecule has 0 bridgehead atoms. The maximum atomic E-state index is 12.0. The lowest BCUT2D eigenvalue weighted by molar-refractivity contribution is 0.223. The summed E-state index contributed by atoms with van der Waals surface area (Å²) in [6.07, 6.45) is 0.333. The fourth-order valence-electron chi connectivity index (χ4n) is 1.86. The van der Waals surface area contributed by atoms with Gasteiger partial charge in [0.15, 0.2) is 0 Å². The molecule has 0 fully saturated rings. The van der Waals surface area contributed by atoms with Crippen molar-refractivity contribution in [1.29, 1.82) is 5.26 Å². The number of urea groups is 1. The Kier molecular flexibility index (Phi) is 3.99. The van der Waals surface area contributed by atoms with Crippen molar-refractivity contribution in [1.82, 2.24) is 4.90 Å². The fourth-order valence-corrected chi connectivity index (χ4v) is 1.86. The number of anilines is 1. The van der Waals surface area contributed by atoms with Gasteiger partial charge in [-0.1, -0.05) is 36.4 Å². The predicted molar refractivity (Wildman–Crippen MR) is 75.8 cm³/mol. The summed E-state index contributed by atoms with van der Waals surface area (Å²) in [5.74, 6) is 0. The highest BCUT2D eigenvalue weighted by Crippen LogP contribution is 2.23. The third-order valence-corrected chi connectivity index (χ3v) is 2.94. The molecule has 1 N–H and O–H groups in total. The van der Waals surface area contributed by atoms with Crippen molar-refractivity contribution in [3.8, 4) is 6.07 Å². The van der Waals surface area contributed by atoms with E-state index in [1.165, 1.54) is 4.90 Å². The maximum absolute atomic E-state index is 12.0. The van der Waals surface area contributed by atoms with E-state index >= 15 is 0 Å². The molecule has 0 unspecified atom stereocenters. The Bertz CT molecular complexity index is 625. The SMILES string of the molecule is CN(CCC#N)C(=O)Nc1cccc2ccccc12. The minimum Gasteiger partial charge on any atom is -0.327 e. The van der Waals surface area contributed by atoms with Gasteiger partial charge in [0.1, 0.15) is 0 Å². The van der Waals surface area contributed by atoms with Gasteiger partial charge in [-0.2, -0.15) is 5.26 Å². The second kappa shape index (κ2) is 5.87. The van der Waals surface area contributed by atoms with Gasteiger partial charge in [0, 0.05) is 19.0 Å². The number of carbonyl (C=O) groups excluding carboxylic acids is 1. The average Bonchev–Trinajstić information content (AvgIpc) is 2.45. The zero-order valence-corrected chi connectivity index (χ0v) is 10.8. The number of nitrogens with one attached hydrogen (secondary N) is 1. The first-order valence-electron chi connectivity index (χ1n) is 6.09. The van der Waals surface area contributed by atoms with Crippen molar-refractivity contribution in [2.24, 2.45) is 0 Å². The number of carbonyl (C=O) groups is 1. The first kappa shape index (κ1) is 12.9. The summed E-state index contributed by atoms with van der Waals surface area (Å²) < 4.78 is 0. The molecule has 4 nitrogen and oxygen atoms in total. The molecule has 0 radical (unpaired) electrons. The molecule has 19 heavy (non-hydrogen) atoms. The van der Waals surface area contributed by atoms with Crippen molar-refractivity contribution in [2.75, 3.05) is 18.9 Å². The summed E-state index contributed by atoms with van der Waals surface area (Å²) in [6, 6.07) is 15.5. The highest BCUT2D eigenvalue weighted by Gasteiger charge is 2.09. The first-order chi connectivity index (χ1) is 9.22. The Balaban J connectivity index is 2.18. The Labute approximate surface area is 112 Å². The third kappa shape index (κ3) is 3.02. The first-order valence-corrected chi connectivity index (χ1v) is 6.09. The van der Waals surface area contributed by atoms with Crippen molar-refractivity contribution < 1.29 is 4.79 Å². The van der Waals surface area contributed by atoms with Crippen LogP contribution in [0.15, 0.2) is 42.5 Å². The summed E-state index contributed by atoms with van der Waals surface area (Å²) in [4.78, 5) is 13.5. The van der Waals surface area contributed by atoms with E-state index < -0.39 is 0 Å². The number of nitrogens with zero attached hydrogens (tertiary/aromatic N) is 2. The Morgan fingerprint density at radius 2 is 2.00 bits per heavy atom. The van der Waals surface area contributed by atoms with Crippen LogP contribution in [-0.2, 0) is 0 Å². The standard InChI is InChI=1S/C15H15N3O/c1-18(11-5-10-16)15(19)17-14-9-4-7-12-6-2-3-8-13(12)14/h2-4,6-9H,5,11H2,1H3,(H,17,19). The van der Waals surface area contributed by atoms with Gasteiger partial charge in [-0.25, -0.2) is 4.79 Å². The minimum absolute atomic E-state index is 0.202. The highest BCUT2D eigenvalue weighted by atomic mass is 16.2. The molecule has 4 heteroatoms. The van der Waals surface area contributed by atoms with Gasteiger partial charge >= 0.3 is 6.03 Å². The lowest BCUT2D eigenvalue weighted by Crippen LogP contribution is -2.32. The van der Waals surface area contributed by atoms with E-state index in [-0.39, 0.29) is 6.03 Å². The third-order valence-electron chi connectivity index (χ3n) is 2.94. The number of nitriles is 1. The van der Waals surface area contributed by atoms with Gasteiger partial charge < -0.3 is 10.2 Å². The van der Waals surface area contributed by atoms with E-state index in [1.54, 1.807) is 7.05 Å². The lowest BCUT2D eigenvalue weighted by Gasteiger charge is -2.17. The Morgan fingerprint density at radius 3 is 2.79 bits per heavy atom. The van der Waals surface area contributed by atoms with Gasteiger partial charge in [0.2, 0.25) is 0 Å². The molecule has 2 rings (SSSR count). The molecule has 0 heterocycles. The average molecular weight is 253 g/mol. The molecule has 96 valence electrons. The van der Waals surface area contributed by atoms with Crippen LogP contribution in [0.4, 0.5) is 10.5 Å². The fraction of sp³-hybridized carbons (Fsp3) is 0.200. The van der Waals surface area contributed by atoms with E-state index in [0.717, 1.165) is 16.5 Å². The van der Waals surface area contributed by atoms with Gasteiger partial charge in [-0.15, -0.1) is 0 Å². The second-order valence-corrected chi connectivity index (χ2v) is 4.29. The molecule has 0 aliphatic heterocycles. The number of fused-ring (bicyclic) bond motifs is 1. The quantitative estimate of drug-likeness (QED) is 0.913. The predicted octanol–water partition coefficient (Wildman–Crippen LogP) is 3.22. The summed E-state index contributed by atoms with van der Waals surface area (Å²) in [5.41, 5.74) is 0.784. The van der Waals surface area contributed by atoms with Crippen LogP contribution in [0, 0.1) is 11.3 Å². The monoisotopic (exact) mass is 253 g/mol. The van der Waals surface area contributed by atoms with Crippen molar-refractivity contribution in [2.45, 2.75) is 6.42 Å². The largest absolute Gasteiger partial charge is 0.327 e. The van der Waals surface area contributed by atoms with Crippen LogP contribution < -0.4 is 5.32 Å². The molecular weight excluding hydrogens is 238 g/mol. The number of benzene rings is 2. The number of hydrogen-bond donors (Lipinski definition) is 1. The molecule has 0 aliphatic rings. The van der Waals surface area contributed by atoms with Gasteiger partial charge in [-0.3, -0.25) is 0 Å². The number of rotatable bonds is 3. The molecule has 0 aliphatic carbocycles. The molecule has 2 aromatic carbocycles. The van der Waals surface area contributed by atoms with Crippen LogP contribution in [0.5, 0.6) is 0 Å². The van der Waals surface area contributed by atoms with Gasteiger partial charge in [0.05, 0.1) is 18.2 Å². The molecule has 0 saturated carbocycles. The van der Waals surface area contributed by atoms with E-state index in [9.17, 15) is 4.79 Å². The van der Waals surface area contributed by atoms with E-state index in [2.05, 4.69) is 5.32 Å². The molecule has 0 aromatic heterocycles. The molecule has 0 atom stereocenters. The zero-order valence-electron chi connectivity index (χ0n) is 10.8. The molecule has 0 saturated heterocycles. The van der Waals surface area contributed by atoms with Crippen LogP contribution in [0.25, 0.3) is 10.8 Å². The maximum Gasteiger partial charge on any atom is 0.321 e. The van der Waals surface area contributed by atoms with Crippen LogP contribution in [-0.4, -0.2) is 24.5 Å². The topological polar surface area (TPSA) is 56.1 Å². The van der Waals surface area contributed by atoms with Crippen LogP contribution >= 0.6 is 0 Å². The molecular formula is C15H15N3O. The summed E-state index contributed by atoms with van der Waals surface area (Å²) in [6.45, 7) is 0.424. The number of hydrogen-bond acceptors (Lipinski definition) is 2. The number of amides is 2. The van der Waals surface area contributed by atoms with Crippen molar-refractivity contribution in [3.63, 3.8) is 0 Å². The zero-order chi connectivity index (χ0) is 13.7. The van der Waals surface area contributed by atoms with Crippen molar-refractivity contribution in [3.05, 3.63) is 42.5 Å². The molecule has 0 spiro atoms. The Morgan fingerprint density at radius 1 is 1.26 bits per heavy atom. The van der Waals surface area contributed by atoms with Gasteiger partial charge in [-0.05, 0) is 11.5 Å². The smallest absolute Gasteiger partial charge is 0.321 e. The molecule has 2 amide bonds. The van der Waals surface area contributed by atoms with E-state index in [1.807, 2.05) is 48.5 Å². The Hall–Kier alpha value is -2.54.